The molecule has 1 aliphatic heterocycles. The molecule has 28 heavy (non-hydrogen) atoms. The van der Waals surface area contributed by atoms with Gasteiger partial charge in [-0.25, -0.2) is 9.59 Å². The summed E-state index contributed by atoms with van der Waals surface area (Å²) >= 11 is 6.83. The second kappa shape index (κ2) is 10.8. The molecule has 0 bridgehead atoms. The van der Waals surface area contributed by atoms with Crippen LogP contribution in [0.5, 0.6) is 0 Å². The standard InChI is InChI=1S/C21H23NO4S2/c1-4-25-19(23)18(20(24)26-5-2)14-22-13-17(28-21(22)27)12-15(3)11-16-9-7-6-8-10-16/h6-12,14H,4-5,13H2,1-3H3/b15-11-,17-12+. The maximum atomic E-state index is 12.1. The summed E-state index contributed by atoms with van der Waals surface area (Å²) in [6.45, 7) is 6.20. The number of rotatable bonds is 7. The molecule has 0 unspecified atom stereocenters. The van der Waals surface area contributed by atoms with Crippen molar-refractivity contribution in [3.05, 3.63) is 64.2 Å². The number of benzene rings is 1. The van der Waals surface area contributed by atoms with Gasteiger partial charge in [-0.1, -0.05) is 60.4 Å². The maximum Gasteiger partial charge on any atom is 0.347 e. The lowest BCUT2D eigenvalue weighted by Gasteiger charge is -2.13. The zero-order valence-corrected chi connectivity index (χ0v) is 17.8. The van der Waals surface area contributed by atoms with E-state index in [1.54, 1.807) is 18.7 Å². The minimum atomic E-state index is -0.716. The Labute approximate surface area is 175 Å². The third-order valence-corrected chi connectivity index (χ3v) is 5.04. The molecule has 7 heteroatoms. The number of hydrogen-bond acceptors (Lipinski definition) is 6. The van der Waals surface area contributed by atoms with E-state index in [2.05, 4.69) is 6.08 Å². The van der Waals surface area contributed by atoms with Crippen LogP contribution in [0.4, 0.5) is 0 Å². The molecule has 0 atom stereocenters. The van der Waals surface area contributed by atoms with Gasteiger partial charge in [0.15, 0.2) is 5.57 Å². The van der Waals surface area contributed by atoms with E-state index in [4.69, 9.17) is 21.7 Å². The largest absolute Gasteiger partial charge is 0.462 e. The number of thiocarbonyl (C=S) groups is 1. The van der Waals surface area contributed by atoms with E-state index in [9.17, 15) is 9.59 Å². The number of carbonyl (C=O) groups excluding carboxylic acids is 2. The Morgan fingerprint density at radius 2 is 1.75 bits per heavy atom. The fourth-order valence-corrected chi connectivity index (χ4v) is 3.82. The van der Waals surface area contributed by atoms with Crippen LogP contribution in [0.15, 0.2) is 58.7 Å². The van der Waals surface area contributed by atoms with Crippen molar-refractivity contribution in [2.24, 2.45) is 0 Å². The number of allylic oxidation sites excluding steroid dienone is 2. The molecular formula is C21H23NO4S2. The predicted molar refractivity (Wildman–Crippen MR) is 116 cm³/mol. The van der Waals surface area contributed by atoms with Crippen molar-refractivity contribution in [1.29, 1.82) is 0 Å². The molecule has 1 aromatic carbocycles. The lowest BCUT2D eigenvalue weighted by Crippen LogP contribution is -2.24. The summed E-state index contributed by atoms with van der Waals surface area (Å²) in [6.07, 6.45) is 5.55. The van der Waals surface area contributed by atoms with Crippen LogP contribution in [0.2, 0.25) is 0 Å². The van der Waals surface area contributed by atoms with Gasteiger partial charge >= 0.3 is 11.9 Å². The van der Waals surface area contributed by atoms with Crippen LogP contribution < -0.4 is 0 Å². The molecule has 1 fully saturated rings. The lowest BCUT2D eigenvalue weighted by atomic mass is 10.1. The van der Waals surface area contributed by atoms with Crippen LogP contribution in [-0.4, -0.2) is 40.9 Å². The first-order valence-electron chi connectivity index (χ1n) is 8.93. The van der Waals surface area contributed by atoms with Crippen molar-refractivity contribution >= 4 is 46.3 Å². The molecule has 1 aromatic rings. The highest BCUT2D eigenvalue weighted by molar-refractivity contribution is 8.25. The summed E-state index contributed by atoms with van der Waals surface area (Å²) < 4.78 is 10.5. The van der Waals surface area contributed by atoms with Gasteiger partial charge in [-0.15, -0.1) is 0 Å². The van der Waals surface area contributed by atoms with Gasteiger partial charge in [0.2, 0.25) is 0 Å². The van der Waals surface area contributed by atoms with E-state index in [1.165, 1.54) is 18.0 Å². The van der Waals surface area contributed by atoms with Crippen LogP contribution in [0, 0.1) is 0 Å². The Balaban J connectivity index is 2.19. The van der Waals surface area contributed by atoms with Gasteiger partial charge in [0.05, 0.1) is 19.8 Å². The minimum absolute atomic E-state index is 0.163. The van der Waals surface area contributed by atoms with E-state index in [-0.39, 0.29) is 18.8 Å². The Morgan fingerprint density at radius 1 is 1.14 bits per heavy atom. The first kappa shape index (κ1) is 21.9. The molecule has 0 saturated carbocycles. The molecule has 0 aromatic heterocycles. The topological polar surface area (TPSA) is 55.8 Å². The van der Waals surface area contributed by atoms with Crippen molar-refractivity contribution in [3.63, 3.8) is 0 Å². The van der Waals surface area contributed by atoms with Gasteiger partial charge in [-0.3, -0.25) is 0 Å². The zero-order chi connectivity index (χ0) is 20.5. The zero-order valence-electron chi connectivity index (χ0n) is 16.1. The third-order valence-electron chi connectivity index (χ3n) is 3.64. The van der Waals surface area contributed by atoms with E-state index in [1.807, 2.05) is 43.3 Å². The average molecular weight is 418 g/mol. The molecule has 1 aliphatic rings. The van der Waals surface area contributed by atoms with Crippen molar-refractivity contribution < 1.29 is 19.1 Å². The Bertz CT molecular complexity index is 808. The van der Waals surface area contributed by atoms with E-state index >= 15 is 0 Å². The monoisotopic (exact) mass is 417 g/mol. The summed E-state index contributed by atoms with van der Waals surface area (Å²) in [7, 11) is 0. The molecule has 0 radical (unpaired) electrons. The molecule has 1 saturated heterocycles. The number of hydrogen-bond donors (Lipinski definition) is 0. The molecule has 0 N–H and O–H groups in total. The van der Waals surface area contributed by atoms with Gasteiger partial charge in [-0.05, 0) is 38.0 Å². The van der Waals surface area contributed by atoms with Crippen LogP contribution in [0.3, 0.4) is 0 Å². The van der Waals surface area contributed by atoms with Crippen LogP contribution in [0.25, 0.3) is 6.08 Å². The quantitative estimate of drug-likeness (QED) is 0.215. The highest BCUT2D eigenvalue weighted by Crippen LogP contribution is 2.31. The Morgan fingerprint density at radius 3 is 2.32 bits per heavy atom. The Hall–Kier alpha value is -2.38. The van der Waals surface area contributed by atoms with Gasteiger partial charge in [-0.2, -0.15) is 0 Å². The Kier molecular flexibility index (Phi) is 8.47. The third kappa shape index (κ3) is 6.35. The van der Waals surface area contributed by atoms with Crippen molar-refractivity contribution in [2.45, 2.75) is 20.8 Å². The SMILES string of the molecule is CCOC(=O)C(=CN1C/C(=C\C(C)=C/c2ccccc2)SC1=S)C(=O)OCC. The predicted octanol–water partition coefficient (Wildman–Crippen LogP) is 4.32. The highest BCUT2D eigenvalue weighted by atomic mass is 32.2. The van der Waals surface area contributed by atoms with Crippen molar-refractivity contribution in [1.82, 2.24) is 4.90 Å². The second-order valence-corrected chi connectivity index (χ2v) is 7.65. The fourth-order valence-electron chi connectivity index (χ4n) is 2.48. The summed E-state index contributed by atoms with van der Waals surface area (Å²) in [4.78, 5) is 27.0. The first-order chi connectivity index (χ1) is 13.4. The molecule has 0 spiro atoms. The van der Waals surface area contributed by atoms with Gasteiger partial charge < -0.3 is 14.4 Å². The smallest absolute Gasteiger partial charge is 0.347 e. The molecule has 148 valence electrons. The number of ether oxygens (including phenoxy) is 2. The number of nitrogens with zero attached hydrogens (tertiary/aromatic N) is 1. The van der Waals surface area contributed by atoms with Crippen molar-refractivity contribution in [2.75, 3.05) is 19.8 Å². The number of carbonyl (C=O) groups is 2. The van der Waals surface area contributed by atoms with E-state index in [0.29, 0.717) is 10.9 Å². The van der Waals surface area contributed by atoms with Gasteiger partial charge in [0.25, 0.3) is 0 Å². The summed E-state index contributed by atoms with van der Waals surface area (Å²) in [5, 5.41) is 0. The summed E-state index contributed by atoms with van der Waals surface area (Å²) in [5.74, 6) is -1.43. The molecule has 0 aliphatic carbocycles. The fraction of sp³-hybridized carbons (Fsp3) is 0.286. The number of esters is 2. The average Bonchev–Trinajstić information content (AvgIpc) is 2.99. The first-order valence-corrected chi connectivity index (χ1v) is 10.2. The lowest BCUT2D eigenvalue weighted by molar-refractivity contribution is -0.146. The van der Waals surface area contributed by atoms with E-state index in [0.717, 1.165) is 16.0 Å². The maximum absolute atomic E-state index is 12.1. The van der Waals surface area contributed by atoms with Crippen molar-refractivity contribution in [3.8, 4) is 0 Å². The molecular weight excluding hydrogens is 394 g/mol. The molecule has 0 amide bonds. The van der Waals surface area contributed by atoms with Gasteiger partial charge in [0.1, 0.15) is 4.32 Å². The highest BCUT2D eigenvalue weighted by Gasteiger charge is 2.27. The number of thioether (sulfide) groups is 1. The van der Waals surface area contributed by atoms with Crippen LogP contribution in [0.1, 0.15) is 26.3 Å². The van der Waals surface area contributed by atoms with E-state index < -0.39 is 11.9 Å². The van der Waals surface area contributed by atoms with Crippen LogP contribution >= 0.6 is 24.0 Å². The normalized spacial score (nSPS) is 15.5. The molecule has 1 heterocycles. The van der Waals surface area contributed by atoms with Crippen LogP contribution in [-0.2, 0) is 19.1 Å². The minimum Gasteiger partial charge on any atom is -0.462 e. The summed E-state index contributed by atoms with van der Waals surface area (Å²) in [5.41, 5.74) is 2.04. The molecule has 5 nitrogen and oxygen atoms in total. The second-order valence-electron chi connectivity index (χ2n) is 5.89. The summed E-state index contributed by atoms with van der Waals surface area (Å²) in [6, 6.07) is 10.0. The van der Waals surface area contributed by atoms with Gasteiger partial charge in [0, 0.05) is 11.1 Å². The molecule has 2 rings (SSSR count).